The molecule has 4 heteroatoms. The molecule has 0 amide bonds. The lowest BCUT2D eigenvalue weighted by Gasteiger charge is -2.36. The van der Waals surface area contributed by atoms with E-state index in [4.69, 9.17) is 4.98 Å². The van der Waals surface area contributed by atoms with Crippen LogP contribution in [0.5, 0.6) is 0 Å². The summed E-state index contributed by atoms with van der Waals surface area (Å²) in [5.41, 5.74) is 0. The van der Waals surface area contributed by atoms with Gasteiger partial charge in [0.1, 0.15) is 17.5 Å². The summed E-state index contributed by atoms with van der Waals surface area (Å²) in [6.45, 7) is 12.1. The zero-order valence-corrected chi connectivity index (χ0v) is 13.3. The minimum Gasteiger partial charge on any atom is -0.370 e. The van der Waals surface area contributed by atoms with Crippen molar-refractivity contribution in [3.8, 4) is 0 Å². The number of rotatable bonds is 5. The van der Waals surface area contributed by atoms with Gasteiger partial charge in [0.2, 0.25) is 0 Å². The van der Waals surface area contributed by atoms with Gasteiger partial charge in [-0.15, -0.1) is 0 Å². The van der Waals surface area contributed by atoms with Crippen LogP contribution in [-0.2, 0) is 6.42 Å². The van der Waals surface area contributed by atoms with Crippen molar-refractivity contribution in [3.63, 3.8) is 0 Å². The molecule has 2 atom stereocenters. The number of nitrogens with one attached hydrogen (secondary N) is 1. The number of hydrogen-bond acceptors (Lipinski definition) is 4. The van der Waals surface area contributed by atoms with Crippen LogP contribution >= 0.6 is 0 Å². The molecule has 0 saturated carbocycles. The zero-order chi connectivity index (χ0) is 14.5. The van der Waals surface area contributed by atoms with Gasteiger partial charge in [-0.3, -0.25) is 0 Å². The molecule has 1 aliphatic heterocycles. The maximum atomic E-state index is 4.76. The average molecular weight is 276 g/mol. The van der Waals surface area contributed by atoms with Crippen LogP contribution in [0.15, 0.2) is 6.07 Å². The maximum absolute atomic E-state index is 4.76. The molecule has 20 heavy (non-hydrogen) atoms. The minimum absolute atomic E-state index is 0.732. The highest BCUT2D eigenvalue weighted by Crippen LogP contribution is 2.27. The van der Waals surface area contributed by atoms with Gasteiger partial charge in [0.25, 0.3) is 0 Å². The molecule has 1 fully saturated rings. The minimum atomic E-state index is 0.732. The van der Waals surface area contributed by atoms with E-state index in [9.17, 15) is 0 Å². The summed E-state index contributed by atoms with van der Waals surface area (Å²) in [6, 6.07) is 2.10. The molecule has 0 bridgehead atoms. The van der Waals surface area contributed by atoms with E-state index in [2.05, 4.69) is 49.0 Å². The Kier molecular flexibility index (Phi) is 5.21. The molecule has 0 aromatic carbocycles. The molecule has 2 rings (SSSR count). The largest absolute Gasteiger partial charge is 0.370 e. The molecule has 0 spiro atoms. The molecule has 4 nitrogen and oxygen atoms in total. The van der Waals surface area contributed by atoms with Crippen molar-refractivity contribution in [1.82, 2.24) is 9.97 Å². The Labute approximate surface area is 123 Å². The second-order valence-corrected chi connectivity index (χ2v) is 6.00. The van der Waals surface area contributed by atoms with E-state index in [0.717, 1.165) is 61.8 Å². The van der Waals surface area contributed by atoms with Crippen LogP contribution in [0, 0.1) is 11.8 Å². The van der Waals surface area contributed by atoms with Gasteiger partial charge in [0, 0.05) is 32.1 Å². The van der Waals surface area contributed by atoms with Crippen molar-refractivity contribution in [3.05, 3.63) is 11.9 Å². The third-order valence-corrected chi connectivity index (χ3v) is 4.25. The summed E-state index contributed by atoms with van der Waals surface area (Å²) in [5, 5.41) is 3.33. The van der Waals surface area contributed by atoms with Crippen LogP contribution in [0.3, 0.4) is 0 Å². The van der Waals surface area contributed by atoms with E-state index < -0.39 is 0 Å². The van der Waals surface area contributed by atoms with Crippen molar-refractivity contribution >= 4 is 11.6 Å². The van der Waals surface area contributed by atoms with E-state index in [1.807, 2.05) is 0 Å². The van der Waals surface area contributed by atoms with Crippen molar-refractivity contribution in [2.45, 2.75) is 47.0 Å². The number of nitrogens with zero attached hydrogens (tertiary/aromatic N) is 3. The number of anilines is 2. The summed E-state index contributed by atoms with van der Waals surface area (Å²) in [7, 11) is 0. The van der Waals surface area contributed by atoms with Gasteiger partial charge < -0.3 is 10.2 Å². The Morgan fingerprint density at radius 1 is 1.25 bits per heavy atom. The molecule has 2 unspecified atom stereocenters. The predicted octanol–water partition coefficient (Wildman–Crippen LogP) is 3.34. The zero-order valence-electron chi connectivity index (χ0n) is 13.3. The molecule has 1 aliphatic rings. The van der Waals surface area contributed by atoms with Crippen LogP contribution in [0.2, 0.25) is 0 Å². The second-order valence-electron chi connectivity index (χ2n) is 6.00. The Morgan fingerprint density at radius 3 is 2.70 bits per heavy atom. The Balaban J connectivity index is 2.20. The summed E-state index contributed by atoms with van der Waals surface area (Å²) in [5.74, 6) is 4.57. The van der Waals surface area contributed by atoms with Crippen LogP contribution in [0.4, 0.5) is 11.6 Å². The van der Waals surface area contributed by atoms with Gasteiger partial charge in [0.15, 0.2) is 0 Å². The van der Waals surface area contributed by atoms with Crippen LogP contribution < -0.4 is 10.2 Å². The highest BCUT2D eigenvalue weighted by molar-refractivity contribution is 5.49. The Morgan fingerprint density at radius 2 is 2.05 bits per heavy atom. The second kappa shape index (κ2) is 6.91. The Hall–Kier alpha value is -1.32. The van der Waals surface area contributed by atoms with Gasteiger partial charge in [-0.25, -0.2) is 9.97 Å². The standard InChI is InChI=1S/C16H28N4/c1-5-7-14-18-15(17-6-2)10-16(19-14)20-9-8-12(3)13(4)11-20/h10,12-13H,5-9,11H2,1-4H3,(H,17,18,19). The first-order valence-corrected chi connectivity index (χ1v) is 8.00. The molecule has 2 heterocycles. The third-order valence-electron chi connectivity index (χ3n) is 4.25. The van der Waals surface area contributed by atoms with Crippen molar-refractivity contribution < 1.29 is 0 Å². The first-order valence-electron chi connectivity index (χ1n) is 8.00. The van der Waals surface area contributed by atoms with Gasteiger partial charge in [0.05, 0.1) is 0 Å². The summed E-state index contributed by atoms with van der Waals surface area (Å²) in [4.78, 5) is 11.8. The van der Waals surface area contributed by atoms with Gasteiger partial charge in [-0.05, 0) is 31.6 Å². The lowest BCUT2D eigenvalue weighted by molar-refractivity contribution is 0.322. The van der Waals surface area contributed by atoms with Gasteiger partial charge in [-0.1, -0.05) is 20.8 Å². The lowest BCUT2D eigenvalue weighted by atomic mass is 9.89. The molecule has 1 aromatic rings. The van der Waals surface area contributed by atoms with E-state index in [0.29, 0.717) is 0 Å². The topological polar surface area (TPSA) is 41.1 Å². The molecule has 1 aromatic heterocycles. The van der Waals surface area contributed by atoms with E-state index >= 15 is 0 Å². The molecular weight excluding hydrogens is 248 g/mol. The summed E-state index contributed by atoms with van der Waals surface area (Å²) in [6.07, 6.45) is 3.29. The van der Waals surface area contributed by atoms with E-state index in [1.165, 1.54) is 6.42 Å². The number of aryl methyl sites for hydroxylation is 1. The number of hydrogen-bond donors (Lipinski definition) is 1. The van der Waals surface area contributed by atoms with Crippen LogP contribution in [-0.4, -0.2) is 29.6 Å². The fourth-order valence-electron chi connectivity index (χ4n) is 2.72. The predicted molar refractivity (Wildman–Crippen MR) is 85.3 cm³/mol. The van der Waals surface area contributed by atoms with Gasteiger partial charge in [-0.2, -0.15) is 0 Å². The molecule has 0 radical (unpaired) electrons. The smallest absolute Gasteiger partial charge is 0.134 e. The number of aromatic nitrogens is 2. The first-order chi connectivity index (χ1) is 9.63. The van der Waals surface area contributed by atoms with Crippen molar-refractivity contribution in [1.29, 1.82) is 0 Å². The van der Waals surface area contributed by atoms with Crippen LogP contribution in [0.1, 0.15) is 46.4 Å². The van der Waals surface area contributed by atoms with E-state index in [-0.39, 0.29) is 0 Å². The fraction of sp³-hybridized carbons (Fsp3) is 0.750. The average Bonchev–Trinajstić information content (AvgIpc) is 2.42. The fourth-order valence-corrected chi connectivity index (χ4v) is 2.72. The van der Waals surface area contributed by atoms with Crippen molar-refractivity contribution in [2.75, 3.05) is 29.9 Å². The van der Waals surface area contributed by atoms with Crippen LogP contribution in [0.25, 0.3) is 0 Å². The highest BCUT2D eigenvalue weighted by Gasteiger charge is 2.24. The molecule has 0 aliphatic carbocycles. The quantitative estimate of drug-likeness (QED) is 0.895. The summed E-state index contributed by atoms with van der Waals surface area (Å²) < 4.78 is 0. The van der Waals surface area contributed by atoms with Gasteiger partial charge >= 0.3 is 0 Å². The molecule has 1 N–H and O–H groups in total. The van der Waals surface area contributed by atoms with E-state index in [1.54, 1.807) is 0 Å². The highest BCUT2D eigenvalue weighted by atomic mass is 15.2. The Bertz CT molecular complexity index is 408. The molecule has 1 saturated heterocycles. The van der Waals surface area contributed by atoms with Crippen molar-refractivity contribution in [2.24, 2.45) is 11.8 Å². The maximum Gasteiger partial charge on any atom is 0.134 e. The lowest BCUT2D eigenvalue weighted by Crippen LogP contribution is -2.39. The molecule has 112 valence electrons. The first kappa shape index (κ1) is 15.1. The molecular formula is C16H28N4. The third kappa shape index (κ3) is 3.62. The summed E-state index contributed by atoms with van der Waals surface area (Å²) >= 11 is 0. The monoisotopic (exact) mass is 276 g/mol. The SMILES string of the molecule is CCCc1nc(NCC)cc(N2CCC(C)C(C)C2)n1. The normalized spacial score (nSPS) is 22.9. The number of piperidine rings is 1.